The van der Waals surface area contributed by atoms with E-state index in [1.807, 2.05) is 23.5 Å². The third kappa shape index (κ3) is 4.77. The topological polar surface area (TPSA) is 18.5 Å². The van der Waals surface area contributed by atoms with Crippen molar-refractivity contribution in [3.63, 3.8) is 0 Å². The Labute approximate surface area is 155 Å². The van der Waals surface area contributed by atoms with Gasteiger partial charge in [0, 0.05) is 0 Å². The molecule has 0 saturated heterocycles. The Morgan fingerprint density at radius 1 is 0.680 bits per heavy atom. The van der Waals surface area contributed by atoms with Crippen LogP contribution in [-0.2, 0) is 8.23 Å². The number of hydrogen-bond donors (Lipinski definition) is 0. The van der Waals surface area contributed by atoms with Gasteiger partial charge in [0.05, 0.1) is 0 Å². The van der Waals surface area contributed by atoms with Crippen LogP contribution in [0.1, 0.15) is 0 Å². The quantitative estimate of drug-likeness (QED) is 0.637. The van der Waals surface area contributed by atoms with Crippen molar-refractivity contribution in [2.75, 3.05) is 0 Å². The van der Waals surface area contributed by atoms with Gasteiger partial charge >= 0.3 is 8.56 Å². The zero-order valence-corrected chi connectivity index (χ0v) is 18.7. The van der Waals surface area contributed by atoms with Crippen molar-refractivity contribution in [3.8, 4) is 0 Å². The van der Waals surface area contributed by atoms with Crippen LogP contribution in [0.25, 0.3) is 0 Å². The lowest BCUT2D eigenvalue weighted by Gasteiger charge is -2.40. The molecule has 0 aromatic heterocycles. The van der Waals surface area contributed by atoms with Gasteiger partial charge in [-0.2, -0.15) is 0 Å². The molecule has 2 rings (SSSR count). The van der Waals surface area contributed by atoms with Gasteiger partial charge in [-0.05, 0) is 36.6 Å². The molecule has 0 saturated carbocycles. The van der Waals surface area contributed by atoms with Gasteiger partial charge in [-0.3, -0.25) is 0 Å². The molecule has 2 aromatic carbocycles. The highest BCUT2D eigenvalue weighted by Crippen LogP contribution is 2.22. The minimum atomic E-state index is -2.58. The Bertz CT molecular complexity index is 673. The Morgan fingerprint density at radius 3 is 1.48 bits per heavy atom. The fourth-order valence-corrected chi connectivity index (χ4v) is 15.5. The summed E-state index contributed by atoms with van der Waals surface area (Å²) in [5.41, 5.74) is 3.99. The molecule has 0 fully saturated rings. The highest BCUT2D eigenvalue weighted by atomic mass is 28.5. The molecule has 0 bridgehead atoms. The summed E-state index contributed by atoms with van der Waals surface area (Å²) < 4.78 is 13.4. The second-order valence-corrected chi connectivity index (χ2v) is 18.2. The molecule has 5 heteroatoms. The predicted octanol–water partition coefficient (Wildman–Crippen LogP) is 4.14. The maximum absolute atomic E-state index is 6.91. The maximum Gasteiger partial charge on any atom is 0.312 e. The molecular weight excluding hydrogens is 356 g/mol. The molecule has 0 heterocycles. The average molecular weight is 385 g/mol. The first kappa shape index (κ1) is 19.8. The number of hydrogen-bond acceptors (Lipinski definition) is 2. The van der Waals surface area contributed by atoms with Crippen molar-refractivity contribution in [2.45, 2.75) is 26.2 Å². The SMILES string of the molecule is C=C[Si](C)(C)O[Si](C)(C)O[Si](C=C)(c1ccccc1)c1ccccc1. The molecule has 0 aliphatic rings. The molecule has 0 unspecified atom stereocenters. The fourth-order valence-electron chi connectivity index (χ4n) is 3.02. The van der Waals surface area contributed by atoms with E-state index in [9.17, 15) is 0 Å². The smallest absolute Gasteiger partial charge is 0.312 e. The van der Waals surface area contributed by atoms with E-state index in [1.54, 1.807) is 0 Å². The Kier molecular flexibility index (Phi) is 6.18. The standard InChI is InChI=1S/C20H28O2Si3/c1-7-23(3,4)21-24(5,6)22-25(8-2,19-15-11-9-12-16-19)20-17-13-10-14-18-20/h7-18H,1-2H2,3-6H3. The van der Waals surface area contributed by atoms with E-state index >= 15 is 0 Å². The van der Waals surface area contributed by atoms with Gasteiger partial charge in [-0.25, -0.2) is 0 Å². The summed E-state index contributed by atoms with van der Waals surface area (Å²) in [6, 6.07) is 20.9. The van der Waals surface area contributed by atoms with E-state index in [0.717, 1.165) is 0 Å². The number of benzene rings is 2. The molecule has 0 aliphatic heterocycles. The molecule has 0 aliphatic carbocycles. The first-order chi connectivity index (χ1) is 11.7. The third-order valence-electron chi connectivity index (χ3n) is 4.10. The highest BCUT2D eigenvalue weighted by Gasteiger charge is 2.44. The minimum Gasteiger partial charge on any atom is -0.433 e. The van der Waals surface area contributed by atoms with Gasteiger partial charge in [-0.15, -0.1) is 13.2 Å². The van der Waals surface area contributed by atoms with Crippen LogP contribution in [0.5, 0.6) is 0 Å². The van der Waals surface area contributed by atoms with Crippen LogP contribution < -0.4 is 10.4 Å². The second-order valence-electron chi connectivity index (χ2n) is 7.08. The second kappa shape index (κ2) is 7.80. The molecule has 132 valence electrons. The predicted molar refractivity (Wildman–Crippen MR) is 115 cm³/mol. The van der Waals surface area contributed by atoms with Gasteiger partial charge in [0.15, 0.2) is 8.32 Å². The molecule has 0 N–H and O–H groups in total. The average Bonchev–Trinajstić information content (AvgIpc) is 2.60. The largest absolute Gasteiger partial charge is 0.433 e. The van der Waals surface area contributed by atoms with Gasteiger partial charge in [0.2, 0.25) is 0 Å². The van der Waals surface area contributed by atoms with Crippen molar-refractivity contribution < 1.29 is 8.23 Å². The van der Waals surface area contributed by atoms with Crippen LogP contribution >= 0.6 is 0 Å². The summed E-state index contributed by atoms with van der Waals surface area (Å²) in [7, 11) is -6.92. The lowest BCUT2D eigenvalue weighted by atomic mass is 10.4. The van der Waals surface area contributed by atoms with Crippen molar-refractivity contribution in [3.05, 3.63) is 85.2 Å². The first-order valence-electron chi connectivity index (χ1n) is 8.53. The molecule has 2 nitrogen and oxygen atoms in total. The van der Waals surface area contributed by atoms with Crippen molar-refractivity contribution >= 4 is 35.6 Å². The van der Waals surface area contributed by atoms with E-state index in [4.69, 9.17) is 8.23 Å². The summed E-state index contributed by atoms with van der Waals surface area (Å²) in [6.07, 6.45) is 0. The lowest BCUT2D eigenvalue weighted by molar-refractivity contribution is 0.405. The van der Waals surface area contributed by atoms with E-state index in [1.165, 1.54) is 10.4 Å². The van der Waals surface area contributed by atoms with Crippen molar-refractivity contribution in [2.24, 2.45) is 0 Å². The lowest BCUT2D eigenvalue weighted by Crippen LogP contribution is -2.65. The van der Waals surface area contributed by atoms with E-state index in [2.05, 4.69) is 87.9 Å². The molecular formula is C20H28O2Si3. The van der Waals surface area contributed by atoms with E-state index < -0.39 is 25.2 Å². The highest BCUT2D eigenvalue weighted by molar-refractivity contribution is 7.05. The van der Waals surface area contributed by atoms with Gasteiger partial charge in [0.1, 0.15) is 0 Å². The molecule has 25 heavy (non-hydrogen) atoms. The summed E-state index contributed by atoms with van der Waals surface area (Å²) in [5.74, 6) is 0. The molecule has 0 amide bonds. The van der Waals surface area contributed by atoms with Crippen molar-refractivity contribution in [1.82, 2.24) is 0 Å². The molecule has 2 aromatic rings. The Morgan fingerprint density at radius 2 is 1.12 bits per heavy atom. The van der Waals surface area contributed by atoms with Crippen LogP contribution in [0.2, 0.25) is 26.2 Å². The minimum absolute atomic E-state index is 1.19. The van der Waals surface area contributed by atoms with Crippen molar-refractivity contribution in [1.29, 1.82) is 0 Å². The van der Waals surface area contributed by atoms with Gasteiger partial charge in [0.25, 0.3) is 8.32 Å². The zero-order chi connectivity index (χ0) is 18.6. The van der Waals surface area contributed by atoms with E-state index in [-0.39, 0.29) is 0 Å². The Balaban J connectivity index is 2.53. The van der Waals surface area contributed by atoms with Gasteiger partial charge in [-0.1, -0.05) is 72.1 Å². The summed E-state index contributed by atoms with van der Waals surface area (Å²) in [4.78, 5) is 0. The fraction of sp³-hybridized carbons (Fsp3) is 0.200. The first-order valence-corrected chi connectivity index (χ1v) is 16.3. The third-order valence-corrected chi connectivity index (χ3v) is 15.4. The summed E-state index contributed by atoms with van der Waals surface area (Å²) in [5, 5.41) is 2.39. The van der Waals surface area contributed by atoms with E-state index in [0.29, 0.717) is 0 Å². The summed E-state index contributed by atoms with van der Waals surface area (Å²) >= 11 is 0. The Hall–Kier alpha value is -1.51. The van der Waals surface area contributed by atoms with Crippen LogP contribution in [-0.4, -0.2) is 25.2 Å². The summed E-state index contributed by atoms with van der Waals surface area (Å²) in [6.45, 7) is 16.7. The number of rotatable bonds is 8. The molecule has 0 atom stereocenters. The zero-order valence-electron chi connectivity index (χ0n) is 15.7. The normalized spacial score (nSPS) is 12.6. The van der Waals surface area contributed by atoms with Gasteiger partial charge < -0.3 is 8.23 Å². The van der Waals surface area contributed by atoms with Crippen LogP contribution in [0.15, 0.2) is 85.2 Å². The monoisotopic (exact) mass is 384 g/mol. The molecule has 0 spiro atoms. The maximum atomic E-state index is 6.91. The molecule has 0 radical (unpaired) electrons. The van der Waals surface area contributed by atoms with Crippen LogP contribution in [0.4, 0.5) is 0 Å². The van der Waals surface area contributed by atoms with Crippen LogP contribution in [0, 0.1) is 0 Å². The van der Waals surface area contributed by atoms with Crippen LogP contribution in [0.3, 0.4) is 0 Å².